The molecule has 6 aromatic rings. The van der Waals surface area contributed by atoms with Gasteiger partial charge in [0.1, 0.15) is 66.5 Å². The fourth-order valence-electron chi connectivity index (χ4n) is 17.3. The zero-order valence-corrected chi connectivity index (χ0v) is 78.8. The van der Waals surface area contributed by atoms with Crippen LogP contribution >= 0.6 is 11.8 Å². The van der Waals surface area contributed by atoms with Gasteiger partial charge in [-0.05, 0) is 106 Å². The molecule has 44 nitrogen and oxygen atoms in total. The average molecular weight is 1930 g/mol. The topological polar surface area (TPSA) is 678 Å². The van der Waals surface area contributed by atoms with Gasteiger partial charge in [0.25, 0.3) is 0 Å². The molecular formula is C93H125N23O21S. The first-order valence-corrected chi connectivity index (χ1v) is 47.1. The number of benzene rings is 3. The number of Topliss-reactive ketones (excluding diaryl/α,β-unsaturated/α-hetero) is 2. The number of nitrogens with one attached hydrogen (secondary N) is 13. The zero-order chi connectivity index (χ0) is 101. The summed E-state index contributed by atoms with van der Waals surface area (Å²) in [4.78, 5) is 282. The lowest BCUT2D eigenvalue weighted by molar-refractivity contribution is -0.150. The molecule has 9 rings (SSSR count). The van der Waals surface area contributed by atoms with Crippen molar-refractivity contribution in [1.82, 2.24) is 92.3 Å². The number of aliphatic hydroxyl groups excluding tert-OH is 2. The van der Waals surface area contributed by atoms with Gasteiger partial charge in [-0.1, -0.05) is 88.1 Å². The molecular weight excluding hydrogens is 1810 g/mol. The number of imidazole rings is 1. The number of thioether (sulfide) groups is 1. The minimum absolute atomic E-state index is 0.000678. The Morgan fingerprint density at radius 1 is 0.580 bits per heavy atom. The van der Waals surface area contributed by atoms with Gasteiger partial charge in [0.2, 0.25) is 88.6 Å². The fraction of sp³-hybridized carbons (Fsp3) is 0.516. The van der Waals surface area contributed by atoms with Crippen LogP contribution in [0.4, 0.5) is 0 Å². The van der Waals surface area contributed by atoms with Crippen LogP contribution in [-0.2, 0) is 112 Å². The van der Waals surface area contributed by atoms with E-state index in [1.165, 1.54) is 69.8 Å². The van der Waals surface area contributed by atoms with Crippen LogP contribution in [0.5, 0.6) is 0 Å². The molecule has 0 radical (unpaired) electrons. The number of rotatable bonds is 27. The monoisotopic (exact) mass is 1930 g/mol. The quantitative estimate of drug-likeness (QED) is 0.0154. The minimum Gasteiger partial charge on any atom is -0.481 e. The number of H-pyrrole nitrogens is 3. The number of primary amides is 2. The molecule has 3 aromatic heterocycles. The Morgan fingerprint density at radius 3 is 1.78 bits per heavy atom. The van der Waals surface area contributed by atoms with Gasteiger partial charge in [-0.3, -0.25) is 91.7 Å². The van der Waals surface area contributed by atoms with E-state index in [0.717, 1.165) is 31.4 Å². The van der Waals surface area contributed by atoms with E-state index in [4.69, 9.17) is 22.6 Å². The summed E-state index contributed by atoms with van der Waals surface area (Å²) in [5.41, 5.74) is 20.0. The first-order chi connectivity index (χ1) is 65.8. The summed E-state index contributed by atoms with van der Waals surface area (Å²) < 4.78 is 0. The lowest BCUT2D eigenvalue weighted by Gasteiger charge is -2.36. The number of carboxylic acid groups (broad SMARTS) is 1. The second-order valence-corrected chi connectivity index (χ2v) is 36.1. The number of aromatic nitrogens is 4. The molecule has 6 heterocycles. The summed E-state index contributed by atoms with van der Waals surface area (Å²) in [5.74, 6) is -21.9. The number of amides is 15. The van der Waals surface area contributed by atoms with E-state index in [1.54, 1.807) is 60.9 Å². The highest BCUT2D eigenvalue weighted by Crippen LogP contribution is 2.31. The van der Waals surface area contributed by atoms with E-state index in [-0.39, 0.29) is 82.1 Å². The molecule has 3 fully saturated rings. The number of nitriles is 1. The first kappa shape index (κ1) is 108. The van der Waals surface area contributed by atoms with Crippen molar-refractivity contribution in [3.63, 3.8) is 0 Å². The number of para-hydroxylation sites is 2. The van der Waals surface area contributed by atoms with Crippen molar-refractivity contribution in [1.29, 1.82) is 10.7 Å². The molecule has 3 aliphatic rings. The summed E-state index contributed by atoms with van der Waals surface area (Å²) in [6.45, 7) is 2.37. The number of unbranched alkanes of at least 4 members (excludes halogenated alkanes) is 2. The normalized spacial score (nSPS) is 24.5. The maximum absolute atomic E-state index is 15.8. The number of nitrogens with two attached hydrogens (primary N) is 3. The molecule has 3 saturated heterocycles. The number of aliphatic carboxylic acids is 1. The van der Waals surface area contributed by atoms with Gasteiger partial charge in [-0.15, -0.1) is 11.8 Å². The fourth-order valence-corrected chi connectivity index (χ4v) is 18.1. The maximum atomic E-state index is 15.8. The van der Waals surface area contributed by atoms with Crippen molar-refractivity contribution in [2.45, 2.75) is 228 Å². The average Bonchev–Trinajstić information content (AvgIpc) is 1.63. The Kier molecular flexibility index (Phi) is 40.3. The number of hydrogen-bond acceptors (Lipinski definition) is 24. The summed E-state index contributed by atoms with van der Waals surface area (Å²) in [7, 11) is 3.91. The predicted molar refractivity (Wildman–Crippen MR) is 503 cm³/mol. The highest BCUT2D eigenvalue weighted by molar-refractivity contribution is 8.00. The highest BCUT2D eigenvalue weighted by Gasteiger charge is 2.47. The zero-order valence-electron chi connectivity index (χ0n) is 78.0. The van der Waals surface area contributed by atoms with Crippen molar-refractivity contribution in [2.75, 3.05) is 65.4 Å². The molecule has 3 aromatic carbocycles. The van der Waals surface area contributed by atoms with Crippen LogP contribution in [0.25, 0.3) is 21.8 Å². The Hall–Kier alpha value is -14.2. The van der Waals surface area contributed by atoms with Gasteiger partial charge in [-0.2, -0.15) is 5.26 Å². The van der Waals surface area contributed by atoms with Gasteiger partial charge in [0.05, 0.1) is 55.4 Å². The molecule has 138 heavy (non-hydrogen) atoms. The van der Waals surface area contributed by atoms with Crippen molar-refractivity contribution in [2.24, 2.45) is 29.0 Å². The molecule has 744 valence electrons. The molecule has 0 unspecified atom stereocenters. The van der Waals surface area contributed by atoms with Crippen molar-refractivity contribution in [3.8, 4) is 6.07 Å². The van der Waals surface area contributed by atoms with E-state index < -0.39 is 279 Å². The van der Waals surface area contributed by atoms with Crippen LogP contribution in [0.15, 0.2) is 97.7 Å². The lowest BCUT2D eigenvalue weighted by atomic mass is 9.88. The molecule has 15 atom stereocenters. The van der Waals surface area contributed by atoms with E-state index in [1.807, 2.05) is 19.9 Å². The van der Waals surface area contributed by atoms with Crippen LogP contribution in [0.3, 0.4) is 0 Å². The largest absolute Gasteiger partial charge is 0.481 e. The number of likely N-dealkylation sites (N-methyl/N-ethyl adjacent to an activating group) is 3. The number of guanidine groups is 1. The van der Waals surface area contributed by atoms with E-state index in [0.29, 0.717) is 64.2 Å². The number of ketones is 2. The molecule has 0 bridgehead atoms. The second-order valence-electron chi connectivity index (χ2n) is 35.0. The van der Waals surface area contributed by atoms with E-state index >= 15 is 38.4 Å². The van der Waals surface area contributed by atoms with Gasteiger partial charge in [0.15, 0.2) is 17.5 Å². The number of fused-ring (bicyclic) bond motifs is 4. The molecule has 0 aliphatic carbocycles. The molecule has 45 heteroatoms. The Morgan fingerprint density at radius 2 is 1.17 bits per heavy atom. The number of carboxylic acids is 1. The summed E-state index contributed by atoms with van der Waals surface area (Å²) >= 11 is 0.750. The first-order valence-electron chi connectivity index (χ1n) is 46.0. The Labute approximate surface area is 800 Å². The third kappa shape index (κ3) is 29.9. The third-order valence-electron chi connectivity index (χ3n) is 25.0. The summed E-state index contributed by atoms with van der Waals surface area (Å²) in [6.07, 6.45) is 0.596. The second kappa shape index (κ2) is 51.7. The number of carbonyl (C=O) groups is 18. The van der Waals surface area contributed by atoms with Gasteiger partial charge in [0, 0.05) is 143 Å². The van der Waals surface area contributed by atoms with Crippen LogP contribution in [-0.4, -0.2) is 316 Å². The lowest BCUT2D eigenvalue weighted by Crippen LogP contribution is -2.60. The van der Waals surface area contributed by atoms with Crippen molar-refractivity contribution < 1.29 is 102 Å². The predicted octanol–water partition coefficient (Wildman–Crippen LogP) is -1.76. The van der Waals surface area contributed by atoms with Crippen molar-refractivity contribution in [3.05, 3.63) is 126 Å². The van der Waals surface area contributed by atoms with E-state index in [2.05, 4.69) is 67.8 Å². The van der Waals surface area contributed by atoms with E-state index in [9.17, 15) is 68.5 Å². The number of nitrogens with zero attached hydrogens (tertiary/aromatic N) is 7. The standard InChI is InChI=1S/C93H125N23O21S/c1-7-9-22-71-86(131)106-64(21-15-31-100-93(97)98)84(129)111-70(83(128)103-45-78(96)122)48-138-49-79(123)105-67(33-52-25-27-53(41-94)28-26-52)89(134)112(4)51(3)81(126)109-68(40-77(95)121)91(136)115-32-16-24-72(115)87(132)108-66(38-58-44-99-50-104-58)85(130)107-65(29-30-80(124)125)90(135)116-46-59(118)39-74(116)76(120)36-54(34-56-42-101-62-19-13-11-17-60(56)62)82(127)110-69(47-117)75(119)37-55(35-57-43-102-63-20-14-12-18-61(57)63)88(133)114(6)73(23-10-8-2)92(137)113(71)5/h11-14,17-20,25-28,42-44,50-51,54-55,59,64-74,101-102,117-118H,7-10,15-16,21-24,29-40,45-49H2,1-6H3,(H2,95,121)(H2,96,122)(H,99,104)(H,103,128)(H,105,123)(H,106,131)(H,107,130)(H,108,132)(H,109,126)(H,110,127)(H,111,129)(H,124,125)(H4,97,98,100)/t51-,54+,55+,59+,64-,65-,66-,67-,68-,69-,70-,71-,72-,73-,74-/m0/s1. The number of carbonyl (C=O) groups excluding carboxylic acids is 17. The van der Waals surface area contributed by atoms with Gasteiger partial charge >= 0.3 is 5.97 Å². The van der Waals surface area contributed by atoms with Crippen LogP contribution in [0, 0.1) is 28.6 Å². The van der Waals surface area contributed by atoms with Crippen molar-refractivity contribution >= 4 is 146 Å². The number of hydrogen-bond donors (Lipinski definition) is 19. The molecule has 15 amide bonds. The third-order valence-corrected chi connectivity index (χ3v) is 26.0. The van der Waals surface area contributed by atoms with Gasteiger partial charge in [-0.25, -0.2) is 4.98 Å². The van der Waals surface area contributed by atoms with Crippen LogP contribution in [0.2, 0.25) is 0 Å². The van der Waals surface area contributed by atoms with Gasteiger partial charge < -0.3 is 120 Å². The maximum Gasteiger partial charge on any atom is 0.303 e. The SMILES string of the molecule is CCCC[C@H]1C(=O)N(C)[C@@H](CCCC)C(=O)N[C@@H](CCCNC(=N)N)C(=O)N[C@H](C(=O)NCC(N)=O)CSCC(=O)N[C@@H](Cc2ccc(C#N)cc2)C(=O)N(C)[C@@H](C)C(=O)N[C@@H](CC(N)=O)C(=O)N2CCC[C@H]2C(=O)N[C@@H](Cc2cnc[nH]2)C(=O)N[C@@H](CCC(=O)O)C(=O)N2C[C@H](O)C[C@H]2C(=O)C[C@@H](Cc2c[nH]c3ccccc23)C(=O)N[C@@H](CO)C(=O)C[C@@H](Cc2c[nH]c3ccccc23)C(=O)N1C. The molecule has 3 aliphatic heterocycles. The molecule has 0 spiro atoms. The smallest absolute Gasteiger partial charge is 0.303 e. The molecule has 22 N–H and O–H groups in total. The Bertz CT molecular complexity index is 5430. The molecule has 0 saturated carbocycles. The summed E-state index contributed by atoms with van der Waals surface area (Å²) in [6, 6.07) is 2.78. The highest BCUT2D eigenvalue weighted by atomic mass is 32.2. The summed E-state index contributed by atoms with van der Waals surface area (Å²) in [5, 5.41) is 75.0. The number of aliphatic hydroxyl groups is 2. The van der Waals surface area contributed by atoms with Crippen LogP contribution in [0.1, 0.15) is 151 Å². The number of aromatic amines is 3. The minimum atomic E-state index is -1.83. The van der Waals surface area contributed by atoms with Crippen LogP contribution < -0.4 is 65.1 Å². The Balaban J connectivity index is 1.11.